The SMILES string of the molecule is CCN(CC)S(=O)(=O)c1ccc(CNC(=O)CNc2ccccc2)cc1. The van der Waals surface area contributed by atoms with E-state index >= 15 is 0 Å². The number of amides is 1. The highest BCUT2D eigenvalue weighted by Crippen LogP contribution is 2.16. The Balaban J connectivity index is 1.88. The molecule has 0 radical (unpaired) electrons. The van der Waals surface area contributed by atoms with Crippen LogP contribution < -0.4 is 10.6 Å². The average molecular weight is 375 g/mol. The molecule has 2 aromatic carbocycles. The molecule has 0 heterocycles. The third kappa shape index (κ3) is 5.31. The van der Waals surface area contributed by atoms with Crippen LogP contribution in [0.5, 0.6) is 0 Å². The highest BCUT2D eigenvalue weighted by atomic mass is 32.2. The van der Waals surface area contributed by atoms with Crippen molar-refractivity contribution in [2.75, 3.05) is 25.0 Å². The number of carbonyl (C=O) groups is 1. The Morgan fingerprint density at radius 3 is 2.15 bits per heavy atom. The first-order valence-corrected chi connectivity index (χ1v) is 10.1. The lowest BCUT2D eigenvalue weighted by Gasteiger charge is -2.18. The van der Waals surface area contributed by atoms with Crippen molar-refractivity contribution in [2.24, 2.45) is 0 Å². The molecule has 0 bridgehead atoms. The van der Waals surface area contributed by atoms with Crippen LogP contribution in [0.2, 0.25) is 0 Å². The van der Waals surface area contributed by atoms with Crippen LogP contribution in [-0.4, -0.2) is 38.3 Å². The van der Waals surface area contributed by atoms with Gasteiger partial charge in [-0.05, 0) is 29.8 Å². The van der Waals surface area contributed by atoms with Crippen LogP contribution in [0.1, 0.15) is 19.4 Å². The van der Waals surface area contributed by atoms with Crippen LogP contribution in [0, 0.1) is 0 Å². The molecule has 2 aromatic rings. The minimum absolute atomic E-state index is 0.131. The molecular formula is C19H25N3O3S. The van der Waals surface area contributed by atoms with Crippen LogP contribution >= 0.6 is 0 Å². The Labute approximate surface area is 155 Å². The molecule has 7 heteroatoms. The van der Waals surface area contributed by atoms with E-state index < -0.39 is 10.0 Å². The lowest BCUT2D eigenvalue weighted by atomic mass is 10.2. The molecular weight excluding hydrogens is 350 g/mol. The number of para-hydroxylation sites is 1. The Morgan fingerprint density at radius 1 is 0.962 bits per heavy atom. The molecule has 2 rings (SSSR count). The molecule has 2 N–H and O–H groups in total. The molecule has 0 aliphatic heterocycles. The van der Waals surface area contributed by atoms with Gasteiger partial charge >= 0.3 is 0 Å². The summed E-state index contributed by atoms with van der Waals surface area (Å²) in [5.41, 5.74) is 1.73. The molecule has 0 unspecified atom stereocenters. The summed E-state index contributed by atoms with van der Waals surface area (Å²) >= 11 is 0. The monoisotopic (exact) mass is 375 g/mol. The van der Waals surface area contributed by atoms with Gasteiger partial charge in [0.2, 0.25) is 15.9 Å². The Kier molecular flexibility index (Phi) is 7.17. The van der Waals surface area contributed by atoms with E-state index in [0.29, 0.717) is 19.6 Å². The summed E-state index contributed by atoms with van der Waals surface area (Å²) in [7, 11) is -3.45. The highest BCUT2D eigenvalue weighted by molar-refractivity contribution is 7.89. The normalized spacial score (nSPS) is 11.3. The van der Waals surface area contributed by atoms with Crippen molar-refractivity contribution >= 4 is 21.6 Å². The maximum Gasteiger partial charge on any atom is 0.243 e. The molecule has 0 aliphatic carbocycles. The Bertz CT molecular complexity index is 802. The van der Waals surface area contributed by atoms with Gasteiger partial charge in [-0.2, -0.15) is 4.31 Å². The van der Waals surface area contributed by atoms with Gasteiger partial charge in [0.1, 0.15) is 0 Å². The van der Waals surface area contributed by atoms with Gasteiger partial charge in [0, 0.05) is 25.3 Å². The molecule has 140 valence electrons. The van der Waals surface area contributed by atoms with Crippen molar-refractivity contribution in [3.05, 3.63) is 60.2 Å². The van der Waals surface area contributed by atoms with Crippen molar-refractivity contribution in [3.63, 3.8) is 0 Å². The number of carbonyl (C=O) groups excluding carboxylic acids is 1. The molecule has 0 spiro atoms. The summed E-state index contributed by atoms with van der Waals surface area (Å²) in [6.07, 6.45) is 0. The molecule has 0 fully saturated rings. The van der Waals surface area contributed by atoms with Gasteiger partial charge in [-0.15, -0.1) is 0 Å². The fraction of sp³-hybridized carbons (Fsp3) is 0.316. The first kappa shape index (κ1) is 19.9. The zero-order valence-electron chi connectivity index (χ0n) is 15.1. The second-order valence-corrected chi connectivity index (χ2v) is 7.67. The van der Waals surface area contributed by atoms with Crippen LogP contribution in [0.15, 0.2) is 59.5 Å². The molecule has 0 aliphatic rings. The molecule has 6 nitrogen and oxygen atoms in total. The van der Waals surface area contributed by atoms with Crippen molar-refractivity contribution in [2.45, 2.75) is 25.3 Å². The lowest BCUT2D eigenvalue weighted by molar-refractivity contribution is -0.119. The number of nitrogens with zero attached hydrogens (tertiary/aromatic N) is 1. The summed E-state index contributed by atoms with van der Waals surface area (Å²) in [5, 5.41) is 5.85. The van der Waals surface area contributed by atoms with E-state index in [1.54, 1.807) is 24.3 Å². The molecule has 0 atom stereocenters. The van der Waals surface area contributed by atoms with Gasteiger partial charge in [-0.1, -0.05) is 44.2 Å². The van der Waals surface area contributed by atoms with Crippen LogP contribution in [-0.2, 0) is 21.4 Å². The second-order valence-electron chi connectivity index (χ2n) is 5.73. The third-order valence-electron chi connectivity index (χ3n) is 3.98. The molecule has 1 amide bonds. The minimum Gasteiger partial charge on any atom is -0.376 e. The van der Waals surface area contributed by atoms with Crippen molar-refractivity contribution in [3.8, 4) is 0 Å². The summed E-state index contributed by atoms with van der Waals surface area (Å²) in [6.45, 7) is 5.03. The van der Waals surface area contributed by atoms with Gasteiger partial charge in [-0.3, -0.25) is 4.79 Å². The van der Waals surface area contributed by atoms with Crippen LogP contribution in [0.25, 0.3) is 0 Å². The number of anilines is 1. The molecule has 0 saturated carbocycles. The van der Waals surface area contributed by atoms with Crippen molar-refractivity contribution in [1.82, 2.24) is 9.62 Å². The van der Waals surface area contributed by atoms with Gasteiger partial charge < -0.3 is 10.6 Å². The van der Waals surface area contributed by atoms with E-state index in [2.05, 4.69) is 10.6 Å². The van der Waals surface area contributed by atoms with Crippen molar-refractivity contribution in [1.29, 1.82) is 0 Å². The van der Waals surface area contributed by atoms with Gasteiger partial charge in [0.15, 0.2) is 0 Å². The number of nitrogens with one attached hydrogen (secondary N) is 2. The Hall–Kier alpha value is -2.38. The predicted octanol–water partition coefficient (Wildman–Crippen LogP) is 2.45. The topological polar surface area (TPSA) is 78.5 Å². The van der Waals surface area contributed by atoms with Crippen molar-refractivity contribution < 1.29 is 13.2 Å². The quantitative estimate of drug-likeness (QED) is 0.706. The largest absolute Gasteiger partial charge is 0.376 e. The maximum absolute atomic E-state index is 12.4. The number of hydrogen-bond donors (Lipinski definition) is 2. The van der Waals surface area contributed by atoms with Gasteiger partial charge in [0.25, 0.3) is 0 Å². The summed E-state index contributed by atoms with van der Waals surface area (Å²) in [4.78, 5) is 12.2. The predicted molar refractivity (Wildman–Crippen MR) is 103 cm³/mol. The smallest absolute Gasteiger partial charge is 0.243 e. The first-order chi connectivity index (χ1) is 12.5. The fourth-order valence-electron chi connectivity index (χ4n) is 2.49. The van der Waals surface area contributed by atoms with Crippen LogP contribution in [0.4, 0.5) is 5.69 Å². The van der Waals surface area contributed by atoms with E-state index in [9.17, 15) is 13.2 Å². The van der Waals surface area contributed by atoms with E-state index in [4.69, 9.17) is 0 Å². The third-order valence-corrected chi connectivity index (χ3v) is 6.05. The molecule has 0 aromatic heterocycles. The lowest BCUT2D eigenvalue weighted by Crippen LogP contribution is -2.31. The van der Waals surface area contributed by atoms with Crippen LogP contribution in [0.3, 0.4) is 0 Å². The average Bonchev–Trinajstić information content (AvgIpc) is 2.66. The fourth-order valence-corrected chi connectivity index (χ4v) is 3.95. The van der Waals surface area contributed by atoms with Gasteiger partial charge in [-0.25, -0.2) is 8.42 Å². The maximum atomic E-state index is 12.4. The minimum atomic E-state index is -3.45. The summed E-state index contributed by atoms with van der Waals surface area (Å²) in [5.74, 6) is -0.131. The van der Waals surface area contributed by atoms with E-state index in [0.717, 1.165) is 11.3 Å². The Morgan fingerprint density at radius 2 is 1.58 bits per heavy atom. The standard InChI is InChI=1S/C19H25N3O3S/c1-3-22(4-2)26(24,25)18-12-10-16(11-13-18)14-21-19(23)15-20-17-8-6-5-7-9-17/h5-13,20H,3-4,14-15H2,1-2H3,(H,21,23). The number of rotatable bonds is 9. The summed E-state index contributed by atoms with van der Waals surface area (Å²) < 4.78 is 26.3. The number of benzene rings is 2. The molecule has 0 saturated heterocycles. The van der Waals surface area contributed by atoms with E-state index in [-0.39, 0.29) is 17.3 Å². The summed E-state index contributed by atoms with van der Waals surface area (Å²) in [6, 6.07) is 16.1. The number of hydrogen-bond acceptors (Lipinski definition) is 4. The highest BCUT2D eigenvalue weighted by Gasteiger charge is 2.21. The van der Waals surface area contributed by atoms with Gasteiger partial charge in [0.05, 0.1) is 11.4 Å². The second kappa shape index (κ2) is 9.35. The zero-order chi connectivity index (χ0) is 19.0. The van der Waals surface area contributed by atoms with E-state index in [1.165, 1.54) is 4.31 Å². The zero-order valence-corrected chi connectivity index (χ0v) is 15.9. The number of sulfonamides is 1. The van der Waals surface area contributed by atoms with E-state index in [1.807, 2.05) is 44.2 Å². The molecule has 26 heavy (non-hydrogen) atoms. The first-order valence-electron chi connectivity index (χ1n) is 8.62.